The van der Waals surface area contributed by atoms with Crippen molar-refractivity contribution >= 4 is 11.8 Å². The van der Waals surface area contributed by atoms with Crippen LogP contribution in [-0.2, 0) is 6.42 Å². The number of nitrogens with zero attached hydrogens (tertiary/aromatic N) is 3. The molecule has 1 aromatic carbocycles. The first-order chi connectivity index (χ1) is 10.6. The summed E-state index contributed by atoms with van der Waals surface area (Å²) in [5.74, 6) is 1.12. The van der Waals surface area contributed by atoms with Crippen molar-refractivity contribution in [1.29, 1.82) is 0 Å². The van der Waals surface area contributed by atoms with Gasteiger partial charge in [0, 0.05) is 17.1 Å². The van der Waals surface area contributed by atoms with Crippen molar-refractivity contribution in [3.05, 3.63) is 34.2 Å². The molecule has 1 unspecified atom stereocenters. The summed E-state index contributed by atoms with van der Waals surface area (Å²) >= 11 is 0. The highest BCUT2D eigenvalue weighted by Crippen LogP contribution is 2.26. The predicted octanol–water partition coefficient (Wildman–Crippen LogP) is 4.25. The fourth-order valence-electron chi connectivity index (χ4n) is 2.10. The van der Waals surface area contributed by atoms with Crippen LogP contribution in [0.2, 0.25) is 0 Å². The molecule has 1 atom stereocenters. The van der Waals surface area contributed by atoms with Gasteiger partial charge in [-0.05, 0) is 42.0 Å². The maximum atomic E-state index is 10.4. The van der Waals surface area contributed by atoms with Gasteiger partial charge in [-0.15, -0.1) is 0 Å². The summed E-state index contributed by atoms with van der Waals surface area (Å²) in [7, 11) is 0. The second-order valence-corrected chi connectivity index (χ2v) is 5.17. The van der Waals surface area contributed by atoms with Gasteiger partial charge in [0.25, 0.3) is 0 Å². The van der Waals surface area contributed by atoms with Gasteiger partial charge in [-0.1, -0.05) is 31.4 Å². The fraction of sp³-hybridized carbons (Fsp3) is 0.533. The van der Waals surface area contributed by atoms with Crippen LogP contribution in [0.15, 0.2) is 23.3 Å². The Balaban J connectivity index is 2.72. The third-order valence-electron chi connectivity index (χ3n) is 3.20. The molecule has 0 saturated heterocycles. The second-order valence-electron chi connectivity index (χ2n) is 5.17. The third-order valence-corrected chi connectivity index (χ3v) is 3.20. The normalized spacial score (nSPS) is 11.4. The molecule has 0 radical (unpaired) electrons. The molecule has 7 heteroatoms. The van der Waals surface area contributed by atoms with E-state index in [2.05, 4.69) is 29.2 Å². The Morgan fingerprint density at radius 3 is 2.95 bits per heavy atom. The molecule has 0 aliphatic rings. The van der Waals surface area contributed by atoms with E-state index in [-0.39, 0.29) is 6.54 Å². The summed E-state index contributed by atoms with van der Waals surface area (Å²) in [6.07, 6.45) is 1.59. The molecule has 22 heavy (non-hydrogen) atoms. The van der Waals surface area contributed by atoms with Crippen LogP contribution in [0.3, 0.4) is 0 Å². The largest absolute Gasteiger partial charge is 0.493 e. The van der Waals surface area contributed by atoms with Gasteiger partial charge >= 0.3 is 6.09 Å². The molecule has 0 heterocycles. The van der Waals surface area contributed by atoms with E-state index in [0.717, 1.165) is 18.4 Å². The van der Waals surface area contributed by atoms with Crippen molar-refractivity contribution < 1.29 is 14.6 Å². The number of rotatable bonds is 9. The van der Waals surface area contributed by atoms with Gasteiger partial charge in [-0.25, -0.2) is 4.79 Å². The minimum atomic E-state index is -1.07. The lowest BCUT2D eigenvalue weighted by Gasteiger charge is -2.13. The van der Waals surface area contributed by atoms with Crippen molar-refractivity contribution in [1.82, 2.24) is 5.32 Å². The average molecular weight is 306 g/mol. The molecular formula is C15H22N4O3. The van der Waals surface area contributed by atoms with Crippen molar-refractivity contribution in [2.45, 2.75) is 33.1 Å². The zero-order valence-corrected chi connectivity index (χ0v) is 13.0. The number of ether oxygens (including phenoxy) is 1. The van der Waals surface area contributed by atoms with Gasteiger partial charge in [0.15, 0.2) is 0 Å². The van der Waals surface area contributed by atoms with Gasteiger partial charge in [0.05, 0.1) is 6.61 Å². The average Bonchev–Trinajstić information content (AvgIpc) is 2.47. The van der Waals surface area contributed by atoms with Crippen LogP contribution >= 0.6 is 0 Å². The summed E-state index contributed by atoms with van der Waals surface area (Å²) in [6.45, 7) is 5.14. The Hall–Kier alpha value is -2.40. The maximum absolute atomic E-state index is 10.4. The summed E-state index contributed by atoms with van der Waals surface area (Å²) < 4.78 is 5.71. The van der Waals surface area contributed by atoms with Crippen molar-refractivity contribution in [3.63, 3.8) is 0 Å². The van der Waals surface area contributed by atoms with Gasteiger partial charge in [-0.2, -0.15) is 0 Å². The highest BCUT2D eigenvalue weighted by atomic mass is 16.5. The van der Waals surface area contributed by atoms with Crippen molar-refractivity contribution in [3.8, 4) is 5.75 Å². The Kier molecular flexibility index (Phi) is 7.64. The van der Waals surface area contributed by atoms with E-state index in [4.69, 9.17) is 15.4 Å². The molecule has 120 valence electrons. The standard InChI is InChI=1S/C15H22N4O3/c1-3-4-11(2)10-22-13-6-5-12(7-8-17-15(20)21)14(9-13)18-19-16/h5-6,9,11,17H,3-4,7-8,10H2,1-2H3,(H,20,21). The fourth-order valence-corrected chi connectivity index (χ4v) is 2.10. The molecule has 0 aliphatic heterocycles. The first kappa shape index (κ1) is 17.7. The number of nitrogens with one attached hydrogen (secondary N) is 1. The number of benzene rings is 1. The van der Waals surface area contributed by atoms with Crippen LogP contribution in [0.4, 0.5) is 10.5 Å². The topological polar surface area (TPSA) is 107 Å². The molecule has 7 nitrogen and oxygen atoms in total. The highest BCUT2D eigenvalue weighted by Gasteiger charge is 2.06. The number of hydrogen-bond donors (Lipinski definition) is 2. The number of hydrogen-bond acceptors (Lipinski definition) is 3. The Morgan fingerprint density at radius 1 is 1.55 bits per heavy atom. The molecule has 1 amide bonds. The van der Waals surface area contributed by atoms with E-state index < -0.39 is 6.09 Å². The van der Waals surface area contributed by atoms with Crippen LogP contribution in [0.1, 0.15) is 32.3 Å². The van der Waals surface area contributed by atoms with Crippen LogP contribution < -0.4 is 10.1 Å². The molecule has 0 fully saturated rings. The van der Waals surface area contributed by atoms with E-state index >= 15 is 0 Å². The van der Waals surface area contributed by atoms with Crippen LogP contribution in [0, 0.1) is 5.92 Å². The smallest absolute Gasteiger partial charge is 0.404 e. The molecule has 0 saturated carbocycles. The zero-order chi connectivity index (χ0) is 16.4. The van der Waals surface area contributed by atoms with Crippen LogP contribution in [-0.4, -0.2) is 24.4 Å². The van der Waals surface area contributed by atoms with Crippen LogP contribution in [0.5, 0.6) is 5.75 Å². The Morgan fingerprint density at radius 2 is 2.32 bits per heavy atom. The number of carbonyl (C=O) groups is 1. The molecular weight excluding hydrogens is 284 g/mol. The number of azide groups is 1. The summed E-state index contributed by atoms with van der Waals surface area (Å²) in [5, 5.41) is 14.5. The Labute approximate surface area is 129 Å². The first-order valence-electron chi connectivity index (χ1n) is 7.34. The molecule has 0 aliphatic carbocycles. The lowest BCUT2D eigenvalue weighted by Crippen LogP contribution is -2.23. The number of amides is 1. The van der Waals surface area contributed by atoms with Gasteiger partial charge in [0.2, 0.25) is 0 Å². The minimum Gasteiger partial charge on any atom is -0.493 e. The molecule has 0 bridgehead atoms. The lowest BCUT2D eigenvalue weighted by molar-refractivity contribution is 0.194. The maximum Gasteiger partial charge on any atom is 0.404 e. The minimum absolute atomic E-state index is 0.261. The predicted molar refractivity (Wildman–Crippen MR) is 84.5 cm³/mol. The number of carboxylic acid groups (broad SMARTS) is 1. The van der Waals surface area contributed by atoms with E-state index in [0.29, 0.717) is 30.4 Å². The monoisotopic (exact) mass is 306 g/mol. The van der Waals surface area contributed by atoms with Gasteiger partial charge < -0.3 is 15.2 Å². The van der Waals surface area contributed by atoms with Gasteiger partial charge in [-0.3, -0.25) is 0 Å². The lowest BCUT2D eigenvalue weighted by atomic mass is 10.1. The highest BCUT2D eigenvalue weighted by molar-refractivity contribution is 5.64. The summed E-state index contributed by atoms with van der Waals surface area (Å²) in [6, 6.07) is 5.30. The molecule has 0 spiro atoms. The van der Waals surface area contributed by atoms with E-state index in [1.165, 1.54) is 0 Å². The van der Waals surface area contributed by atoms with Crippen molar-refractivity contribution in [2.24, 2.45) is 11.0 Å². The molecule has 1 aromatic rings. The van der Waals surface area contributed by atoms with Crippen LogP contribution in [0.25, 0.3) is 10.4 Å². The molecule has 2 N–H and O–H groups in total. The van der Waals surface area contributed by atoms with Gasteiger partial charge in [0.1, 0.15) is 5.75 Å². The van der Waals surface area contributed by atoms with E-state index in [1.54, 1.807) is 12.1 Å². The summed E-state index contributed by atoms with van der Waals surface area (Å²) in [5.41, 5.74) is 9.89. The summed E-state index contributed by atoms with van der Waals surface area (Å²) in [4.78, 5) is 13.3. The zero-order valence-electron chi connectivity index (χ0n) is 13.0. The Bertz CT molecular complexity index is 542. The first-order valence-corrected chi connectivity index (χ1v) is 7.34. The second kappa shape index (κ2) is 9.52. The molecule has 0 aromatic heterocycles. The van der Waals surface area contributed by atoms with E-state index in [9.17, 15) is 4.79 Å². The SMILES string of the molecule is CCCC(C)COc1ccc(CCNC(=O)O)c(N=[N+]=[N-])c1. The third kappa shape index (κ3) is 6.37. The quantitative estimate of drug-likeness (QED) is 0.404. The van der Waals surface area contributed by atoms with Crippen molar-refractivity contribution in [2.75, 3.05) is 13.2 Å². The molecule has 1 rings (SSSR count). The van der Waals surface area contributed by atoms with E-state index in [1.807, 2.05) is 6.07 Å².